The molecule has 1 aromatic rings. The van der Waals surface area contributed by atoms with Crippen LogP contribution in [0.15, 0.2) is 12.1 Å². The molecule has 1 aromatic heterocycles. The summed E-state index contributed by atoms with van der Waals surface area (Å²) in [5, 5.41) is 13.5. The van der Waals surface area contributed by atoms with Crippen molar-refractivity contribution < 1.29 is 9.53 Å². The Hall–Kier alpha value is -1.69. The van der Waals surface area contributed by atoms with Gasteiger partial charge in [-0.05, 0) is 37.9 Å². The van der Waals surface area contributed by atoms with E-state index >= 15 is 0 Å². The lowest BCUT2D eigenvalue weighted by molar-refractivity contribution is 0.0957. The third kappa shape index (κ3) is 3.40. The minimum absolute atomic E-state index is 0.244. The van der Waals surface area contributed by atoms with Gasteiger partial charge in [-0.15, -0.1) is 10.2 Å². The molecule has 6 heteroatoms. The Morgan fingerprint density at radius 1 is 1.56 bits per heavy atom. The van der Waals surface area contributed by atoms with E-state index in [0.29, 0.717) is 24.1 Å². The van der Waals surface area contributed by atoms with E-state index in [1.54, 1.807) is 19.2 Å². The van der Waals surface area contributed by atoms with Crippen molar-refractivity contribution >= 4 is 5.91 Å². The summed E-state index contributed by atoms with van der Waals surface area (Å²) in [6, 6.07) is 3.28. The second-order valence-corrected chi connectivity index (χ2v) is 4.33. The molecule has 1 unspecified atom stereocenters. The largest absolute Gasteiger partial charge is 0.477 e. The number of nitrogens with zero attached hydrogens (tertiary/aromatic N) is 2. The van der Waals surface area contributed by atoms with Crippen LogP contribution in [0.5, 0.6) is 5.88 Å². The normalized spacial score (nSPS) is 18.6. The maximum Gasteiger partial charge on any atom is 0.271 e. The van der Waals surface area contributed by atoms with Crippen LogP contribution in [0, 0.1) is 5.92 Å². The van der Waals surface area contributed by atoms with Crippen molar-refractivity contribution in [1.29, 1.82) is 0 Å². The highest BCUT2D eigenvalue weighted by Gasteiger charge is 2.14. The van der Waals surface area contributed by atoms with Gasteiger partial charge in [0.05, 0.1) is 6.61 Å². The van der Waals surface area contributed by atoms with Gasteiger partial charge in [0.25, 0.3) is 5.91 Å². The topological polar surface area (TPSA) is 76.1 Å². The molecule has 0 radical (unpaired) electrons. The molecular formula is C12H18N4O2. The number of rotatable bonds is 5. The SMILES string of the molecule is CNC(=O)c1ccc(OCCC2CCNC2)nn1. The minimum atomic E-state index is -0.244. The Bertz CT molecular complexity index is 388. The van der Waals surface area contributed by atoms with E-state index in [-0.39, 0.29) is 5.91 Å². The maximum absolute atomic E-state index is 11.3. The summed E-state index contributed by atoms with van der Waals surface area (Å²) in [5.41, 5.74) is 0.296. The number of nitrogens with one attached hydrogen (secondary N) is 2. The molecular weight excluding hydrogens is 232 g/mol. The van der Waals surface area contributed by atoms with E-state index in [2.05, 4.69) is 20.8 Å². The number of hydrogen-bond donors (Lipinski definition) is 2. The number of ether oxygens (including phenoxy) is 1. The summed E-state index contributed by atoms with van der Waals surface area (Å²) in [4.78, 5) is 11.3. The molecule has 1 aliphatic rings. The molecule has 1 fully saturated rings. The molecule has 2 rings (SSSR count). The zero-order chi connectivity index (χ0) is 12.8. The van der Waals surface area contributed by atoms with Crippen LogP contribution < -0.4 is 15.4 Å². The van der Waals surface area contributed by atoms with Crippen molar-refractivity contribution in [2.75, 3.05) is 26.7 Å². The van der Waals surface area contributed by atoms with E-state index in [4.69, 9.17) is 4.74 Å². The van der Waals surface area contributed by atoms with E-state index in [1.807, 2.05) is 0 Å². The van der Waals surface area contributed by atoms with Gasteiger partial charge in [0, 0.05) is 13.1 Å². The molecule has 1 aliphatic heterocycles. The lowest BCUT2D eigenvalue weighted by Gasteiger charge is -2.08. The quantitative estimate of drug-likeness (QED) is 0.781. The zero-order valence-electron chi connectivity index (χ0n) is 10.5. The van der Waals surface area contributed by atoms with Crippen LogP contribution in [0.1, 0.15) is 23.3 Å². The van der Waals surface area contributed by atoms with Crippen molar-refractivity contribution in [3.8, 4) is 5.88 Å². The monoisotopic (exact) mass is 250 g/mol. The molecule has 0 bridgehead atoms. The summed E-state index contributed by atoms with van der Waals surface area (Å²) in [7, 11) is 1.56. The van der Waals surface area contributed by atoms with Crippen LogP contribution >= 0.6 is 0 Å². The summed E-state index contributed by atoms with van der Waals surface area (Å²) in [6.07, 6.45) is 2.23. The first-order valence-electron chi connectivity index (χ1n) is 6.19. The van der Waals surface area contributed by atoms with Crippen molar-refractivity contribution in [3.05, 3.63) is 17.8 Å². The van der Waals surface area contributed by atoms with Crippen molar-refractivity contribution in [2.45, 2.75) is 12.8 Å². The van der Waals surface area contributed by atoms with E-state index in [9.17, 15) is 4.79 Å². The molecule has 98 valence electrons. The highest BCUT2D eigenvalue weighted by Crippen LogP contribution is 2.13. The van der Waals surface area contributed by atoms with Gasteiger partial charge >= 0.3 is 0 Å². The Morgan fingerprint density at radius 2 is 2.44 bits per heavy atom. The van der Waals surface area contributed by atoms with Gasteiger partial charge in [-0.25, -0.2) is 0 Å². The average molecular weight is 250 g/mol. The molecule has 0 spiro atoms. The Morgan fingerprint density at radius 3 is 3.06 bits per heavy atom. The highest BCUT2D eigenvalue weighted by molar-refractivity contribution is 5.91. The van der Waals surface area contributed by atoms with Crippen LogP contribution in [0.4, 0.5) is 0 Å². The highest BCUT2D eigenvalue weighted by atomic mass is 16.5. The molecule has 0 aromatic carbocycles. The molecule has 1 atom stereocenters. The fraction of sp³-hybridized carbons (Fsp3) is 0.583. The number of carbonyl (C=O) groups excluding carboxylic acids is 1. The number of carbonyl (C=O) groups is 1. The van der Waals surface area contributed by atoms with E-state index in [1.165, 1.54) is 6.42 Å². The van der Waals surface area contributed by atoms with Crippen LogP contribution in [0.25, 0.3) is 0 Å². The van der Waals surface area contributed by atoms with Crippen LogP contribution in [0.2, 0.25) is 0 Å². The summed E-state index contributed by atoms with van der Waals surface area (Å²) >= 11 is 0. The molecule has 1 saturated heterocycles. The lowest BCUT2D eigenvalue weighted by atomic mass is 10.1. The molecule has 18 heavy (non-hydrogen) atoms. The minimum Gasteiger partial charge on any atom is -0.477 e. The van der Waals surface area contributed by atoms with Gasteiger partial charge in [0.15, 0.2) is 5.69 Å². The Balaban J connectivity index is 1.77. The summed E-state index contributed by atoms with van der Waals surface area (Å²) < 4.78 is 5.50. The molecule has 2 heterocycles. The first kappa shape index (κ1) is 12.8. The number of hydrogen-bond acceptors (Lipinski definition) is 5. The second kappa shape index (κ2) is 6.30. The molecule has 6 nitrogen and oxygen atoms in total. The maximum atomic E-state index is 11.3. The Kier molecular flexibility index (Phi) is 4.46. The summed E-state index contributed by atoms with van der Waals surface area (Å²) in [6.45, 7) is 2.82. The predicted molar refractivity (Wildman–Crippen MR) is 66.5 cm³/mol. The van der Waals surface area contributed by atoms with E-state index in [0.717, 1.165) is 19.5 Å². The zero-order valence-corrected chi connectivity index (χ0v) is 10.5. The van der Waals surface area contributed by atoms with Crippen molar-refractivity contribution in [2.24, 2.45) is 5.92 Å². The van der Waals surface area contributed by atoms with Gasteiger partial charge in [0.2, 0.25) is 5.88 Å². The van der Waals surface area contributed by atoms with Crippen LogP contribution in [-0.2, 0) is 0 Å². The molecule has 0 saturated carbocycles. The second-order valence-electron chi connectivity index (χ2n) is 4.33. The van der Waals surface area contributed by atoms with Gasteiger partial charge in [-0.3, -0.25) is 4.79 Å². The lowest BCUT2D eigenvalue weighted by Crippen LogP contribution is -2.19. The first-order chi connectivity index (χ1) is 8.79. The van der Waals surface area contributed by atoms with Gasteiger partial charge in [0.1, 0.15) is 0 Å². The molecule has 0 aliphatic carbocycles. The average Bonchev–Trinajstić information content (AvgIpc) is 2.92. The van der Waals surface area contributed by atoms with Crippen molar-refractivity contribution in [1.82, 2.24) is 20.8 Å². The van der Waals surface area contributed by atoms with Gasteiger partial charge < -0.3 is 15.4 Å². The standard InChI is InChI=1S/C12H18N4O2/c1-13-12(17)10-2-3-11(16-15-10)18-7-5-9-4-6-14-8-9/h2-3,9,14H,4-8H2,1H3,(H,13,17). The molecule has 2 N–H and O–H groups in total. The van der Waals surface area contributed by atoms with Crippen LogP contribution in [-0.4, -0.2) is 42.8 Å². The van der Waals surface area contributed by atoms with Gasteiger partial charge in [-0.1, -0.05) is 0 Å². The predicted octanol–water partition coefficient (Wildman–Crippen LogP) is 0.215. The first-order valence-corrected chi connectivity index (χ1v) is 6.19. The fourth-order valence-electron chi connectivity index (χ4n) is 1.94. The number of amides is 1. The number of aromatic nitrogens is 2. The molecule has 1 amide bonds. The third-order valence-electron chi connectivity index (χ3n) is 3.04. The Labute approximate surface area is 106 Å². The van der Waals surface area contributed by atoms with Crippen molar-refractivity contribution in [3.63, 3.8) is 0 Å². The summed E-state index contributed by atoms with van der Waals surface area (Å²) in [5.74, 6) is 0.919. The van der Waals surface area contributed by atoms with Crippen LogP contribution in [0.3, 0.4) is 0 Å². The van der Waals surface area contributed by atoms with Gasteiger partial charge in [-0.2, -0.15) is 0 Å². The third-order valence-corrected chi connectivity index (χ3v) is 3.04. The van der Waals surface area contributed by atoms with E-state index < -0.39 is 0 Å². The smallest absolute Gasteiger partial charge is 0.271 e. The fourth-order valence-corrected chi connectivity index (χ4v) is 1.94.